The van der Waals surface area contributed by atoms with Gasteiger partial charge < -0.3 is 15.7 Å². The number of anilines is 1. The van der Waals surface area contributed by atoms with E-state index >= 15 is 0 Å². The molecule has 1 amide bonds. The molecule has 0 unspecified atom stereocenters. The molecule has 0 bridgehead atoms. The molecule has 3 N–H and O–H groups in total. The van der Waals surface area contributed by atoms with Crippen molar-refractivity contribution < 1.29 is 14.7 Å². The van der Waals surface area contributed by atoms with Crippen LogP contribution in [0.1, 0.15) is 22.3 Å². The first-order valence-electron chi connectivity index (χ1n) is 7.14. The van der Waals surface area contributed by atoms with Gasteiger partial charge in [0.1, 0.15) is 0 Å². The van der Waals surface area contributed by atoms with Crippen LogP contribution in [0.5, 0.6) is 0 Å². The molecule has 0 aromatic heterocycles. The normalized spacial score (nSPS) is 16.2. The first kappa shape index (κ1) is 15.5. The molecule has 2 rings (SSSR count). The topological polar surface area (TPSA) is 81.7 Å². The molecule has 21 heavy (non-hydrogen) atoms. The maximum Gasteiger partial charge on any atom is 0.336 e. The molecule has 0 atom stereocenters. The van der Waals surface area contributed by atoms with Crippen molar-refractivity contribution in [3.63, 3.8) is 0 Å². The van der Waals surface area contributed by atoms with E-state index in [1.54, 1.807) is 19.1 Å². The maximum absolute atomic E-state index is 12.1. The second-order valence-electron chi connectivity index (χ2n) is 5.21. The number of carboxylic acid groups (broad SMARTS) is 1. The van der Waals surface area contributed by atoms with Crippen molar-refractivity contribution in [2.45, 2.75) is 13.3 Å². The van der Waals surface area contributed by atoms with Gasteiger partial charge in [0.2, 0.25) is 5.91 Å². The van der Waals surface area contributed by atoms with E-state index < -0.39 is 5.97 Å². The fraction of sp³-hybridized carbons (Fsp3) is 0.467. The Morgan fingerprint density at radius 2 is 2.14 bits per heavy atom. The Kier molecular flexibility index (Phi) is 5.30. The van der Waals surface area contributed by atoms with E-state index in [-0.39, 0.29) is 11.5 Å². The van der Waals surface area contributed by atoms with E-state index in [2.05, 4.69) is 15.5 Å². The van der Waals surface area contributed by atoms with Crippen LogP contribution >= 0.6 is 0 Å². The minimum atomic E-state index is -0.984. The van der Waals surface area contributed by atoms with Gasteiger partial charge in [-0.05, 0) is 44.1 Å². The zero-order valence-corrected chi connectivity index (χ0v) is 12.2. The van der Waals surface area contributed by atoms with E-state index in [0.717, 1.165) is 32.6 Å². The maximum atomic E-state index is 12.1. The van der Waals surface area contributed by atoms with Crippen molar-refractivity contribution in [2.75, 3.05) is 38.0 Å². The molecule has 0 spiro atoms. The van der Waals surface area contributed by atoms with Crippen molar-refractivity contribution in [2.24, 2.45) is 0 Å². The highest BCUT2D eigenvalue weighted by Gasteiger charge is 2.15. The number of amides is 1. The zero-order chi connectivity index (χ0) is 15.2. The highest BCUT2D eigenvalue weighted by Crippen LogP contribution is 2.18. The van der Waals surface area contributed by atoms with Crippen LogP contribution in [0.25, 0.3) is 0 Å². The van der Waals surface area contributed by atoms with Crippen LogP contribution in [0.3, 0.4) is 0 Å². The minimum absolute atomic E-state index is 0.109. The van der Waals surface area contributed by atoms with Crippen molar-refractivity contribution in [3.8, 4) is 0 Å². The van der Waals surface area contributed by atoms with E-state index in [9.17, 15) is 9.59 Å². The number of carbonyl (C=O) groups is 2. The Morgan fingerprint density at radius 3 is 2.90 bits per heavy atom. The molecule has 0 saturated carbocycles. The Bertz CT molecular complexity index is 523. The molecule has 1 fully saturated rings. The molecule has 1 heterocycles. The second kappa shape index (κ2) is 7.19. The number of rotatable bonds is 4. The predicted octanol–water partition coefficient (Wildman–Crippen LogP) is 0.927. The number of hydrogen-bond acceptors (Lipinski definition) is 4. The molecule has 1 aromatic carbocycles. The van der Waals surface area contributed by atoms with Crippen LogP contribution in [0.15, 0.2) is 18.2 Å². The van der Waals surface area contributed by atoms with Gasteiger partial charge in [-0.15, -0.1) is 0 Å². The van der Waals surface area contributed by atoms with E-state index in [4.69, 9.17) is 5.11 Å². The number of aromatic carboxylic acids is 1. The fourth-order valence-corrected chi connectivity index (χ4v) is 2.46. The summed E-state index contributed by atoms with van der Waals surface area (Å²) in [6.07, 6.45) is 1.03. The highest BCUT2D eigenvalue weighted by molar-refractivity contribution is 5.96. The quantitative estimate of drug-likeness (QED) is 0.769. The van der Waals surface area contributed by atoms with Gasteiger partial charge in [-0.2, -0.15) is 0 Å². The van der Waals surface area contributed by atoms with Crippen molar-refractivity contribution >= 4 is 17.6 Å². The van der Waals surface area contributed by atoms with Gasteiger partial charge in [-0.3, -0.25) is 9.69 Å². The molecule has 1 saturated heterocycles. The highest BCUT2D eigenvalue weighted by atomic mass is 16.4. The molecule has 0 radical (unpaired) electrons. The first-order chi connectivity index (χ1) is 10.1. The van der Waals surface area contributed by atoms with Gasteiger partial charge in [0, 0.05) is 18.8 Å². The number of benzene rings is 1. The second-order valence-corrected chi connectivity index (χ2v) is 5.21. The lowest BCUT2D eigenvalue weighted by Crippen LogP contribution is -2.35. The summed E-state index contributed by atoms with van der Waals surface area (Å²) in [5.41, 5.74) is 1.36. The summed E-state index contributed by atoms with van der Waals surface area (Å²) in [6, 6.07) is 4.90. The van der Waals surface area contributed by atoms with Crippen LogP contribution in [-0.2, 0) is 4.79 Å². The summed E-state index contributed by atoms with van der Waals surface area (Å²) in [4.78, 5) is 25.3. The molecular weight excluding hydrogens is 270 g/mol. The summed E-state index contributed by atoms with van der Waals surface area (Å²) in [6.45, 7) is 5.65. The van der Waals surface area contributed by atoms with Crippen LogP contribution < -0.4 is 10.6 Å². The standard InChI is InChI=1S/C15H21N3O3/c1-11-12(15(20)21)4-2-5-13(11)17-14(19)10-18-8-3-6-16-7-9-18/h2,4-5,16H,3,6-10H2,1H3,(H,17,19)(H,20,21). The van der Waals surface area contributed by atoms with E-state index in [1.807, 2.05) is 0 Å². The van der Waals surface area contributed by atoms with Gasteiger partial charge in [0.05, 0.1) is 12.1 Å². The van der Waals surface area contributed by atoms with Crippen molar-refractivity contribution in [1.29, 1.82) is 0 Å². The van der Waals surface area contributed by atoms with Crippen LogP contribution in [0.2, 0.25) is 0 Å². The van der Waals surface area contributed by atoms with Crippen LogP contribution in [-0.4, -0.2) is 54.6 Å². The third-order valence-corrected chi connectivity index (χ3v) is 3.64. The summed E-state index contributed by atoms with van der Waals surface area (Å²) < 4.78 is 0. The molecule has 6 nitrogen and oxygen atoms in total. The van der Waals surface area contributed by atoms with Crippen LogP contribution in [0.4, 0.5) is 5.69 Å². The third kappa shape index (κ3) is 4.27. The number of carbonyl (C=O) groups excluding carboxylic acids is 1. The average molecular weight is 291 g/mol. The predicted molar refractivity (Wildman–Crippen MR) is 80.7 cm³/mol. The van der Waals surface area contributed by atoms with Crippen molar-refractivity contribution in [1.82, 2.24) is 10.2 Å². The summed E-state index contributed by atoms with van der Waals surface area (Å²) >= 11 is 0. The first-order valence-corrected chi connectivity index (χ1v) is 7.14. The van der Waals surface area contributed by atoms with Gasteiger partial charge in [0.25, 0.3) is 0 Å². The van der Waals surface area contributed by atoms with Gasteiger partial charge >= 0.3 is 5.97 Å². The molecule has 1 aliphatic heterocycles. The van der Waals surface area contributed by atoms with Crippen molar-refractivity contribution in [3.05, 3.63) is 29.3 Å². The summed E-state index contributed by atoms with van der Waals surface area (Å²) in [5.74, 6) is -1.09. The smallest absolute Gasteiger partial charge is 0.336 e. The Morgan fingerprint density at radius 1 is 1.33 bits per heavy atom. The SMILES string of the molecule is Cc1c(NC(=O)CN2CCCNCC2)cccc1C(=O)O. The lowest BCUT2D eigenvalue weighted by molar-refractivity contribution is -0.117. The Labute approximate surface area is 124 Å². The molecule has 1 aliphatic rings. The molecule has 6 heteroatoms. The monoisotopic (exact) mass is 291 g/mol. The molecule has 0 aliphatic carbocycles. The number of nitrogens with one attached hydrogen (secondary N) is 2. The summed E-state index contributed by atoms with van der Waals surface area (Å²) in [7, 11) is 0. The number of hydrogen-bond donors (Lipinski definition) is 3. The largest absolute Gasteiger partial charge is 0.478 e. The lowest BCUT2D eigenvalue weighted by atomic mass is 10.1. The zero-order valence-electron chi connectivity index (χ0n) is 12.2. The molecular formula is C15H21N3O3. The molecule has 114 valence electrons. The number of carboxylic acids is 1. The van der Waals surface area contributed by atoms with Gasteiger partial charge in [0.15, 0.2) is 0 Å². The Hall–Kier alpha value is -1.92. The Balaban J connectivity index is 1.99. The van der Waals surface area contributed by atoms with E-state index in [0.29, 0.717) is 17.8 Å². The number of nitrogens with zero attached hydrogens (tertiary/aromatic N) is 1. The minimum Gasteiger partial charge on any atom is -0.478 e. The average Bonchev–Trinajstić information content (AvgIpc) is 2.69. The van der Waals surface area contributed by atoms with Crippen LogP contribution in [0, 0.1) is 6.92 Å². The third-order valence-electron chi connectivity index (χ3n) is 3.64. The molecule has 1 aromatic rings. The van der Waals surface area contributed by atoms with Gasteiger partial charge in [-0.1, -0.05) is 6.07 Å². The van der Waals surface area contributed by atoms with E-state index in [1.165, 1.54) is 6.07 Å². The van der Waals surface area contributed by atoms with Gasteiger partial charge in [-0.25, -0.2) is 4.79 Å². The summed E-state index contributed by atoms with van der Waals surface area (Å²) in [5, 5.41) is 15.2. The lowest BCUT2D eigenvalue weighted by Gasteiger charge is -2.19. The fourth-order valence-electron chi connectivity index (χ4n) is 2.46.